The predicted octanol–water partition coefficient (Wildman–Crippen LogP) is 3.14. The molecule has 5 heteroatoms. The third-order valence-electron chi connectivity index (χ3n) is 3.64. The number of ether oxygens (including phenoxy) is 1. The van der Waals surface area contributed by atoms with E-state index in [0.29, 0.717) is 5.56 Å². The van der Waals surface area contributed by atoms with Gasteiger partial charge in [-0.25, -0.2) is 4.79 Å². The SMILES string of the molecule is COC(=O)c1ccc(NCC(=O)Nc2cccc(C)c2C)cc1. The summed E-state index contributed by atoms with van der Waals surface area (Å²) in [6.45, 7) is 4.13. The van der Waals surface area contributed by atoms with Gasteiger partial charge in [-0.2, -0.15) is 0 Å². The Labute approximate surface area is 135 Å². The zero-order valence-corrected chi connectivity index (χ0v) is 13.5. The van der Waals surface area contributed by atoms with Gasteiger partial charge in [0.15, 0.2) is 0 Å². The summed E-state index contributed by atoms with van der Waals surface area (Å²) in [6, 6.07) is 12.6. The molecule has 0 bridgehead atoms. The van der Waals surface area contributed by atoms with Crippen LogP contribution < -0.4 is 10.6 Å². The predicted molar refractivity (Wildman–Crippen MR) is 90.8 cm³/mol. The average Bonchev–Trinajstić information content (AvgIpc) is 2.57. The first kappa shape index (κ1) is 16.5. The maximum atomic E-state index is 12.0. The number of nitrogens with one attached hydrogen (secondary N) is 2. The van der Waals surface area contributed by atoms with E-state index in [0.717, 1.165) is 22.5 Å². The van der Waals surface area contributed by atoms with Gasteiger partial charge in [0, 0.05) is 11.4 Å². The number of methoxy groups -OCH3 is 1. The molecule has 0 unspecified atom stereocenters. The first-order valence-electron chi connectivity index (χ1n) is 7.29. The fourth-order valence-corrected chi connectivity index (χ4v) is 2.11. The quantitative estimate of drug-likeness (QED) is 0.832. The summed E-state index contributed by atoms with van der Waals surface area (Å²) in [5.41, 5.74) is 4.24. The molecule has 1 amide bonds. The van der Waals surface area contributed by atoms with Crippen molar-refractivity contribution in [2.24, 2.45) is 0 Å². The summed E-state index contributed by atoms with van der Waals surface area (Å²) in [6.07, 6.45) is 0. The van der Waals surface area contributed by atoms with Gasteiger partial charge in [0.1, 0.15) is 0 Å². The van der Waals surface area contributed by atoms with E-state index in [2.05, 4.69) is 15.4 Å². The number of benzene rings is 2. The number of anilines is 2. The van der Waals surface area contributed by atoms with Gasteiger partial charge in [0.05, 0.1) is 19.2 Å². The summed E-state index contributed by atoms with van der Waals surface area (Å²) in [5.74, 6) is -0.514. The van der Waals surface area contributed by atoms with Crippen LogP contribution in [-0.2, 0) is 9.53 Å². The fraction of sp³-hybridized carbons (Fsp3) is 0.222. The Kier molecular flexibility index (Phi) is 5.36. The van der Waals surface area contributed by atoms with E-state index in [4.69, 9.17) is 0 Å². The topological polar surface area (TPSA) is 67.4 Å². The Morgan fingerprint density at radius 3 is 2.39 bits per heavy atom. The molecule has 0 saturated heterocycles. The van der Waals surface area contributed by atoms with Gasteiger partial charge in [0.2, 0.25) is 5.91 Å². The molecule has 0 radical (unpaired) electrons. The highest BCUT2D eigenvalue weighted by Crippen LogP contribution is 2.18. The van der Waals surface area contributed by atoms with Gasteiger partial charge in [-0.1, -0.05) is 12.1 Å². The van der Waals surface area contributed by atoms with Crippen LogP contribution in [0.3, 0.4) is 0 Å². The van der Waals surface area contributed by atoms with E-state index >= 15 is 0 Å². The van der Waals surface area contributed by atoms with Crippen LogP contribution in [0.5, 0.6) is 0 Å². The third kappa shape index (κ3) is 4.32. The second-order valence-corrected chi connectivity index (χ2v) is 5.22. The zero-order chi connectivity index (χ0) is 16.8. The molecule has 2 rings (SSSR count). The van der Waals surface area contributed by atoms with Crippen LogP contribution in [0.2, 0.25) is 0 Å². The van der Waals surface area contributed by atoms with Crippen molar-refractivity contribution in [3.05, 3.63) is 59.2 Å². The lowest BCUT2D eigenvalue weighted by Crippen LogP contribution is -2.22. The highest BCUT2D eigenvalue weighted by atomic mass is 16.5. The molecule has 2 aromatic rings. The molecule has 23 heavy (non-hydrogen) atoms. The summed E-state index contributed by atoms with van der Waals surface area (Å²) < 4.78 is 4.64. The van der Waals surface area contributed by atoms with Gasteiger partial charge in [-0.3, -0.25) is 4.79 Å². The number of carbonyl (C=O) groups is 2. The van der Waals surface area contributed by atoms with Crippen molar-refractivity contribution in [3.8, 4) is 0 Å². The number of hydrogen-bond acceptors (Lipinski definition) is 4. The minimum atomic E-state index is -0.385. The van der Waals surface area contributed by atoms with E-state index in [1.807, 2.05) is 32.0 Å². The van der Waals surface area contributed by atoms with Crippen LogP contribution in [0, 0.1) is 13.8 Å². The molecule has 0 aliphatic heterocycles. The van der Waals surface area contributed by atoms with Gasteiger partial charge in [-0.15, -0.1) is 0 Å². The van der Waals surface area contributed by atoms with Crippen molar-refractivity contribution < 1.29 is 14.3 Å². The minimum absolute atomic E-state index is 0.129. The van der Waals surface area contributed by atoms with Crippen molar-refractivity contribution in [1.29, 1.82) is 0 Å². The normalized spacial score (nSPS) is 10.0. The van der Waals surface area contributed by atoms with Crippen molar-refractivity contribution in [2.75, 3.05) is 24.3 Å². The number of carbonyl (C=O) groups excluding carboxylic acids is 2. The van der Waals surface area contributed by atoms with Crippen LogP contribution >= 0.6 is 0 Å². The van der Waals surface area contributed by atoms with Crippen LogP contribution in [0.25, 0.3) is 0 Å². The second-order valence-electron chi connectivity index (χ2n) is 5.22. The van der Waals surface area contributed by atoms with Gasteiger partial charge < -0.3 is 15.4 Å². The molecule has 0 atom stereocenters. The Hall–Kier alpha value is -2.82. The summed E-state index contributed by atoms with van der Waals surface area (Å²) in [7, 11) is 1.34. The highest BCUT2D eigenvalue weighted by Gasteiger charge is 2.07. The smallest absolute Gasteiger partial charge is 0.337 e. The maximum absolute atomic E-state index is 12.0. The molecule has 2 aromatic carbocycles. The molecule has 0 aliphatic carbocycles. The summed E-state index contributed by atoms with van der Waals surface area (Å²) in [5, 5.41) is 5.90. The molecule has 5 nitrogen and oxygen atoms in total. The molecular formula is C18H20N2O3. The van der Waals surface area contributed by atoms with Crippen LogP contribution in [-0.4, -0.2) is 25.5 Å². The van der Waals surface area contributed by atoms with Gasteiger partial charge >= 0.3 is 5.97 Å². The summed E-state index contributed by atoms with van der Waals surface area (Å²) in [4.78, 5) is 23.4. The highest BCUT2D eigenvalue weighted by molar-refractivity contribution is 5.94. The first-order chi connectivity index (χ1) is 11.0. The number of aryl methyl sites for hydroxylation is 1. The molecule has 0 heterocycles. The molecule has 0 spiro atoms. The molecule has 0 fully saturated rings. The first-order valence-corrected chi connectivity index (χ1v) is 7.29. The van der Waals surface area contributed by atoms with Crippen molar-refractivity contribution in [3.63, 3.8) is 0 Å². The van der Waals surface area contributed by atoms with Crippen molar-refractivity contribution in [2.45, 2.75) is 13.8 Å². The minimum Gasteiger partial charge on any atom is -0.465 e. The van der Waals surface area contributed by atoms with E-state index in [1.54, 1.807) is 24.3 Å². The van der Waals surface area contributed by atoms with Crippen molar-refractivity contribution in [1.82, 2.24) is 0 Å². The molecule has 0 aromatic heterocycles. The zero-order valence-electron chi connectivity index (χ0n) is 13.5. The van der Waals surface area contributed by atoms with Crippen LogP contribution in [0.4, 0.5) is 11.4 Å². The van der Waals surface area contributed by atoms with Gasteiger partial charge in [-0.05, 0) is 55.3 Å². The Bertz CT molecular complexity index is 709. The maximum Gasteiger partial charge on any atom is 0.337 e. The van der Waals surface area contributed by atoms with E-state index in [1.165, 1.54) is 7.11 Å². The molecule has 0 aliphatic rings. The van der Waals surface area contributed by atoms with E-state index in [9.17, 15) is 9.59 Å². The van der Waals surface area contributed by atoms with Gasteiger partial charge in [0.25, 0.3) is 0 Å². The van der Waals surface area contributed by atoms with E-state index in [-0.39, 0.29) is 18.4 Å². The number of rotatable bonds is 5. The molecule has 2 N–H and O–H groups in total. The molecule has 120 valence electrons. The number of esters is 1. The standard InChI is InChI=1S/C18H20N2O3/c1-12-5-4-6-16(13(12)2)20-17(21)11-19-15-9-7-14(8-10-15)18(22)23-3/h4-10,19H,11H2,1-3H3,(H,20,21). The second kappa shape index (κ2) is 7.45. The largest absolute Gasteiger partial charge is 0.465 e. The van der Waals surface area contributed by atoms with E-state index < -0.39 is 0 Å². The third-order valence-corrected chi connectivity index (χ3v) is 3.64. The monoisotopic (exact) mass is 312 g/mol. The lowest BCUT2D eigenvalue weighted by molar-refractivity contribution is -0.114. The van der Waals surface area contributed by atoms with Crippen molar-refractivity contribution >= 4 is 23.3 Å². The lowest BCUT2D eigenvalue weighted by Gasteiger charge is -2.11. The van der Waals surface area contributed by atoms with Crippen LogP contribution in [0.1, 0.15) is 21.5 Å². The fourth-order valence-electron chi connectivity index (χ4n) is 2.11. The molecular weight excluding hydrogens is 292 g/mol. The lowest BCUT2D eigenvalue weighted by atomic mass is 10.1. The Morgan fingerprint density at radius 2 is 1.74 bits per heavy atom. The average molecular weight is 312 g/mol. The summed E-state index contributed by atoms with van der Waals surface area (Å²) >= 11 is 0. The Morgan fingerprint density at radius 1 is 1.04 bits per heavy atom. The Balaban J connectivity index is 1.91. The number of hydrogen-bond donors (Lipinski definition) is 2. The van der Waals surface area contributed by atoms with Crippen LogP contribution in [0.15, 0.2) is 42.5 Å². The molecule has 0 saturated carbocycles. The number of amides is 1.